The fourth-order valence-corrected chi connectivity index (χ4v) is 3.99. The summed E-state index contributed by atoms with van der Waals surface area (Å²) in [4.78, 5) is 14.3. The molecule has 0 aromatic heterocycles. The van der Waals surface area contributed by atoms with E-state index in [2.05, 4.69) is 19.9 Å². The Bertz CT molecular complexity index is 841. The van der Waals surface area contributed by atoms with Crippen molar-refractivity contribution in [2.45, 2.75) is 25.0 Å². The van der Waals surface area contributed by atoms with Gasteiger partial charge in [-0.05, 0) is 25.5 Å². The molecule has 0 saturated carbocycles. The molecule has 2 aliphatic rings. The lowest BCUT2D eigenvalue weighted by atomic mass is 9.74. The molecule has 0 bridgehead atoms. The average molecular weight is 321 g/mol. The molecule has 1 unspecified atom stereocenters. The summed E-state index contributed by atoms with van der Waals surface area (Å²) in [6.45, 7) is 4.29. The van der Waals surface area contributed by atoms with Crippen molar-refractivity contribution in [2.75, 3.05) is 12.0 Å². The van der Waals surface area contributed by atoms with E-state index in [0.717, 1.165) is 16.8 Å². The minimum Gasteiger partial charge on any atom is -0.468 e. The van der Waals surface area contributed by atoms with Crippen molar-refractivity contribution in [3.63, 3.8) is 0 Å². The van der Waals surface area contributed by atoms with Crippen molar-refractivity contribution in [2.24, 2.45) is 0 Å². The van der Waals surface area contributed by atoms with Gasteiger partial charge in [0.05, 0.1) is 12.5 Å². The minimum absolute atomic E-state index is 0.364. The van der Waals surface area contributed by atoms with E-state index >= 15 is 0 Å². The van der Waals surface area contributed by atoms with Gasteiger partial charge < -0.3 is 9.47 Å². The van der Waals surface area contributed by atoms with Crippen molar-refractivity contribution in [3.8, 4) is 0 Å². The van der Waals surface area contributed by atoms with E-state index < -0.39 is 11.7 Å². The van der Waals surface area contributed by atoms with E-state index in [1.807, 2.05) is 53.4 Å². The highest BCUT2D eigenvalue weighted by molar-refractivity contribution is 5.95. The second-order valence-corrected chi connectivity index (χ2v) is 6.60. The molecule has 4 nitrogen and oxygen atoms in total. The predicted molar refractivity (Wildman–Crippen MR) is 91.3 cm³/mol. The molecule has 0 saturated heterocycles. The molecule has 0 amide bonds. The fraction of sp³-hybridized carbons (Fsp3) is 0.250. The summed E-state index contributed by atoms with van der Waals surface area (Å²) in [7, 11) is 1.39. The van der Waals surface area contributed by atoms with Gasteiger partial charge in [0, 0.05) is 11.3 Å². The quantitative estimate of drug-likeness (QED) is 0.791. The maximum Gasteiger partial charge on any atom is 0.358 e. The number of fused-ring (bicyclic) bond motifs is 3. The molecule has 0 radical (unpaired) electrons. The molecule has 2 aromatic carbocycles. The molecular weight excluding hydrogens is 302 g/mol. The molecule has 2 heterocycles. The van der Waals surface area contributed by atoms with Gasteiger partial charge in [0.2, 0.25) is 5.72 Å². The Morgan fingerprint density at radius 3 is 2.42 bits per heavy atom. The van der Waals surface area contributed by atoms with Crippen molar-refractivity contribution in [1.82, 2.24) is 0 Å². The third-order valence-electron chi connectivity index (χ3n) is 5.12. The summed E-state index contributed by atoms with van der Waals surface area (Å²) in [5, 5.41) is 0. The van der Waals surface area contributed by atoms with Gasteiger partial charge in [0.1, 0.15) is 6.26 Å². The summed E-state index contributed by atoms with van der Waals surface area (Å²) < 4.78 is 11.2. The Labute approximate surface area is 141 Å². The molecule has 0 spiro atoms. The number of nitrogens with zero attached hydrogens (tertiary/aromatic N) is 1. The molecule has 4 heteroatoms. The molecule has 2 aromatic rings. The number of rotatable bonds is 2. The van der Waals surface area contributed by atoms with Gasteiger partial charge in [0.25, 0.3) is 0 Å². The first kappa shape index (κ1) is 14.8. The molecule has 24 heavy (non-hydrogen) atoms. The molecule has 0 N–H and O–H groups in total. The number of esters is 1. The van der Waals surface area contributed by atoms with Crippen LogP contribution >= 0.6 is 0 Å². The van der Waals surface area contributed by atoms with E-state index in [4.69, 9.17) is 9.47 Å². The lowest BCUT2D eigenvalue weighted by Crippen LogP contribution is -2.51. The van der Waals surface area contributed by atoms with Gasteiger partial charge in [-0.3, -0.25) is 4.90 Å². The Balaban J connectivity index is 2.01. The Morgan fingerprint density at radius 1 is 1.04 bits per heavy atom. The smallest absolute Gasteiger partial charge is 0.358 e. The molecular formula is C20H19NO3. The van der Waals surface area contributed by atoms with Gasteiger partial charge in [-0.25, -0.2) is 4.79 Å². The highest BCUT2D eigenvalue weighted by atomic mass is 16.5. The van der Waals surface area contributed by atoms with Crippen LogP contribution in [0.4, 0.5) is 5.69 Å². The first-order valence-corrected chi connectivity index (χ1v) is 7.95. The second kappa shape index (κ2) is 4.87. The minimum atomic E-state index is -0.804. The van der Waals surface area contributed by atoms with Crippen LogP contribution in [0.1, 0.15) is 25.0 Å². The summed E-state index contributed by atoms with van der Waals surface area (Å²) in [5.41, 5.74) is 2.36. The number of methoxy groups -OCH3 is 1. The van der Waals surface area contributed by atoms with Crippen LogP contribution in [0.25, 0.3) is 0 Å². The zero-order chi connectivity index (χ0) is 16.9. The van der Waals surface area contributed by atoms with Crippen molar-refractivity contribution in [3.05, 3.63) is 77.7 Å². The molecule has 2 aliphatic heterocycles. The van der Waals surface area contributed by atoms with E-state index in [9.17, 15) is 4.79 Å². The lowest BCUT2D eigenvalue weighted by Gasteiger charge is -2.42. The topological polar surface area (TPSA) is 38.8 Å². The Hall–Kier alpha value is -2.75. The van der Waals surface area contributed by atoms with E-state index in [-0.39, 0.29) is 5.41 Å². The highest BCUT2D eigenvalue weighted by Gasteiger charge is 2.64. The van der Waals surface area contributed by atoms with Gasteiger partial charge in [-0.15, -0.1) is 0 Å². The molecule has 0 aliphatic carbocycles. The first-order chi connectivity index (χ1) is 11.5. The SMILES string of the molecule is COC(=O)C1=COC2(c3ccccc3)N1c1ccccc1C2(C)C. The van der Waals surface area contributed by atoms with Crippen LogP contribution in [-0.2, 0) is 25.4 Å². The monoisotopic (exact) mass is 321 g/mol. The van der Waals surface area contributed by atoms with Crippen LogP contribution in [0.5, 0.6) is 0 Å². The summed E-state index contributed by atoms with van der Waals surface area (Å²) >= 11 is 0. The maximum atomic E-state index is 12.3. The normalized spacial score (nSPS) is 23.1. The number of benzene rings is 2. The van der Waals surface area contributed by atoms with Crippen LogP contribution in [0.3, 0.4) is 0 Å². The Kier molecular flexibility index (Phi) is 3.01. The van der Waals surface area contributed by atoms with Crippen LogP contribution in [-0.4, -0.2) is 13.1 Å². The summed E-state index contributed by atoms with van der Waals surface area (Å²) in [6, 6.07) is 18.1. The zero-order valence-electron chi connectivity index (χ0n) is 13.9. The van der Waals surface area contributed by atoms with E-state index in [1.165, 1.54) is 13.4 Å². The standard InChI is InChI=1S/C20H19NO3/c1-19(2)15-11-7-8-12-16(15)21-17(18(22)23-3)13-24-20(19,21)14-9-5-4-6-10-14/h4-13H,1-3H3. The van der Waals surface area contributed by atoms with Crippen LogP contribution < -0.4 is 4.90 Å². The van der Waals surface area contributed by atoms with Gasteiger partial charge in [-0.2, -0.15) is 0 Å². The van der Waals surface area contributed by atoms with Crippen LogP contribution in [0.2, 0.25) is 0 Å². The van der Waals surface area contributed by atoms with Crippen molar-refractivity contribution >= 4 is 11.7 Å². The van der Waals surface area contributed by atoms with Gasteiger partial charge >= 0.3 is 5.97 Å². The van der Waals surface area contributed by atoms with Crippen molar-refractivity contribution in [1.29, 1.82) is 0 Å². The molecule has 0 fully saturated rings. The van der Waals surface area contributed by atoms with Crippen LogP contribution in [0, 0.1) is 0 Å². The second-order valence-electron chi connectivity index (χ2n) is 6.60. The molecule has 1 atom stereocenters. The largest absolute Gasteiger partial charge is 0.468 e. The predicted octanol–water partition coefficient (Wildman–Crippen LogP) is 3.68. The maximum absolute atomic E-state index is 12.3. The zero-order valence-corrected chi connectivity index (χ0v) is 13.9. The third kappa shape index (κ3) is 1.60. The number of para-hydroxylation sites is 1. The highest BCUT2D eigenvalue weighted by Crippen LogP contribution is 2.61. The summed E-state index contributed by atoms with van der Waals surface area (Å²) in [6.07, 6.45) is 1.52. The summed E-state index contributed by atoms with van der Waals surface area (Å²) in [5.74, 6) is -0.402. The molecule has 4 rings (SSSR count). The average Bonchev–Trinajstić information content (AvgIpc) is 3.11. The Morgan fingerprint density at radius 2 is 1.71 bits per heavy atom. The van der Waals surface area contributed by atoms with E-state index in [0.29, 0.717) is 5.70 Å². The van der Waals surface area contributed by atoms with E-state index in [1.54, 1.807) is 0 Å². The first-order valence-electron chi connectivity index (χ1n) is 7.95. The number of hydrogen-bond donors (Lipinski definition) is 0. The third-order valence-corrected chi connectivity index (χ3v) is 5.12. The van der Waals surface area contributed by atoms with Crippen molar-refractivity contribution < 1.29 is 14.3 Å². The lowest BCUT2D eigenvalue weighted by molar-refractivity contribution is -0.136. The number of anilines is 1. The number of carbonyl (C=O) groups is 1. The number of hydrogen-bond acceptors (Lipinski definition) is 4. The van der Waals surface area contributed by atoms with Gasteiger partial charge in [0.15, 0.2) is 5.70 Å². The van der Waals surface area contributed by atoms with Crippen LogP contribution in [0.15, 0.2) is 66.6 Å². The molecule has 122 valence electrons. The van der Waals surface area contributed by atoms with Gasteiger partial charge in [-0.1, -0.05) is 48.5 Å². The number of ether oxygens (including phenoxy) is 2. The number of carbonyl (C=O) groups excluding carboxylic acids is 1. The fourth-order valence-electron chi connectivity index (χ4n) is 3.99.